The maximum absolute atomic E-state index is 3.82. The molecule has 1 N–H and O–H groups in total. The maximum atomic E-state index is 3.82. The Balaban J connectivity index is 0.824. The van der Waals surface area contributed by atoms with E-state index in [1.807, 2.05) is 0 Å². The number of fused-ring (bicyclic) bond motifs is 11. The van der Waals surface area contributed by atoms with E-state index in [9.17, 15) is 0 Å². The molecule has 0 radical (unpaired) electrons. The Bertz CT molecular complexity index is 4540. The molecular weight excluding hydrogens is 1020 g/mol. The van der Waals surface area contributed by atoms with E-state index in [-0.39, 0.29) is 23.9 Å². The Labute approximate surface area is 492 Å². The molecule has 5 aliphatic rings. The van der Waals surface area contributed by atoms with Crippen LogP contribution in [0.2, 0.25) is 0 Å². The van der Waals surface area contributed by atoms with Crippen molar-refractivity contribution >= 4 is 66.4 Å². The monoisotopic (exact) mass is 1090 g/mol. The van der Waals surface area contributed by atoms with Crippen LogP contribution in [0.1, 0.15) is 60.4 Å². The van der Waals surface area contributed by atoms with E-state index in [0.29, 0.717) is 6.67 Å². The molecule has 0 spiro atoms. The van der Waals surface area contributed by atoms with E-state index < -0.39 is 5.54 Å². The second-order valence-electron chi connectivity index (χ2n) is 24.1. The van der Waals surface area contributed by atoms with Crippen LogP contribution in [-0.4, -0.2) is 30.7 Å². The molecule has 7 nitrogen and oxygen atoms in total. The number of nitrogens with one attached hydrogen (secondary N) is 1. The molecular formula is C77H67N7. The van der Waals surface area contributed by atoms with E-state index in [1.165, 1.54) is 105 Å². The van der Waals surface area contributed by atoms with Crippen molar-refractivity contribution in [3.63, 3.8) is 0 Å². The van der Waals surface area contributed by atoms with Gasteiger partial charge in [0.25, 0.3) is 0 Å². The van der Waals surface area contributed by atoms with Crippen LogP contribution in [0.5, 0.6) is 0 Å². The van der Waals surface area contributed by atoms with Gasteiger partial charge in [-0.3, -0.25) is 0 Å². The lowest BCUT2D eigenvalue weighted by Crippen LogP contribution is -2.41. The zero-order valence-electron chi connectivity index (χ0n) is 47.6. The lowest BCUT2D eigenvalue weighted by atomic mass is 9.85. The topological polar surface area (TPSA) is 36.5 Å². The van der Waals surface area contributed by atoms with Crippen molar-refractivity contribution in [2.45, 2.75) is 76.5 Å². The zero-order chi connectivity index (χ0) is 55.9. The number of hydrogen-bond acceptors (Lipinski definition) is 4. The Kier molecular flexibility index (Phi) is 12.1. The maximum Gasteiger partial charge on any atom is 0.0989 e. The van der Waals surface area contributed by atoms with Crippen LogP contribution in [0.25, 0.3) is 43.6 Å². The number of anilines is 4. The molecule has 16 rings (SSSR count). The standard InChI is InChI=1S/C77H67N7/c1-77(2,56-34-39-74-66(44-56)62-27-13-17-31-71(62)80(74)48-53-20-6-3-7-21-53)84(59-37-41-76-68(47-59)64-29-15-19-33-73(64)82(76)50-55-24-10-5-11-25-55)60-42-43-79(51-60)52-83(57-35-38-70-65(45-57)61-26-12-16-30-69(61)78-70)58-36-40-75-67(46-58)63-28-14-18-32-72(63)81(75)49-54-22-8-4-9-23-54/h3-36,38-40,42-47,51,61,64,69,73,78H,37,41,48-50,52H2,1-2H3. The van der Waals surface area contributed by atoms with Gasteiger partial charge in [0.15, 0.2) is 0 Å². The number of hydrogen-bond donors (Lipinski definition) is 1. The number of nitrogens with zero attached hydrogens (tertiary/aromatic N) is 6. The first-order chi connectivity index (χ1) is 41.4. The average Bonchev–Trinajstić information content (AvgIpc) is 2.06. The molecule has 0 saturated heterocycles. The van der Waals surface area contributed by atoms with Gasteiger partial charge in [-0.15, -0.1) is 0 Å². The van der Waals surface area contributed by atoms with Crippen molar-refractivity contribution in [3.05, 3.63) is 312 Å². The first kappa shape index (κ1) is 50.0. The third kappa shape index (κ3) is 8.55. The van der Waals surface area contributed by atoms with Gasteiger partial charge >= 0.3 is 0 Å². The summed E-state index contributed by atoms with van der Waals surface area (Å²) in [6.07, 6.45) is 27.6. The molecule has 5 heterocycles. The van der Waals surface area contributed by atoms with Crippen molar-refractivity contribution < 1.29 is 0 Å². The van der Waals surface area contributed by atoms with E-state index in [0.717, 1.165) is 38.2 Å². The Hall–Kier alpha value is -9.72. The largest absolute Gasteiger partial charge is 0.378 e. The van der Waals surface area contributed by atoms with E-state index in [4.69, 9.17) is 0 Å². The van der Waals surface area contributed by atoms with Crippen LogP contribution in [-0.2, 0) is 31.8 Å². The van der Waals surface area contributed by atoms with Gasteiger partial charge in [0.2, 0.25) is 0 Å². The Morgan fingerprint density at radius 3 is 1.77 bits per heavy atom. The minimum absolute atomic E-state index is 0.254. The molecule has 0 saturated carbocycles. The van der Waals surface area contributed by atoms with Gasteiger partial charge in [-0.2, -0.15) is 0 Å². The third-order valence-electron chi connectivity index (χ3n) is 18.9. The Morgan fingerprint density at radius 1 is 0.500 bits per heavy atom. The molecule has 3 aliphatic carbocycles. The summed E-state index contributed by atoms with van der Waals surface area (Å²) in [5, 5.41) is 8.90. The van der Waals surface area contributed by atoms with Gasteiger partial charge in [-0.25, -0.2) is 0 Å². The number of allylic oxidation sites excluding steroid dienone is 7. The predicted molar refractivity (Wildman–Crippen MR) is 349 cm³/mol. The average molecular weight is 1090 g/mol. The number of aromatic nitrogens is 3. The molecule has 0 fully saturated rings. The normalized spacial score (nSPS) is 18.6. The smallest absolute Gasteiger partial charge is 0.0989 e. The first-order valence-corrected chi connectivity index (χ1v) is 30.1. The molecule has 3 aromatic heterocycles. The van der Waals surface area contributed by atoms with E-state index >= 15 is 0 Å². The van der Waals surface area contributed by atoms with Gasteiger partial charge in [0.1, 0.15) is 0 Å². The van der Waals surface area contributed by atoms with Crippen LogP contribution in [0.3, 0.4) is 0 Å². The number of rotatable bonds is 14. The molecule has 4 unspecified atom stereocenters. The van der Waals surface area contributed by atoms with Crippen molar-refractivity contribution in [3.8, 4) is 0 Å². The number of benzene rings is 8. The molecule has 4 atom stereocenters. The Morgan fingerprint density at radius 2 is 1.07 bits per heavy atom. The predicted octanol–water partition coefficient (Wildman–Crippen LogP) is 17.9. The minimum atomic E-state index is -0.471. The van der Waals surface area contributed by atoms with Crippen LogP contribution in [0.15, 0.2) is 284 Å². The van der Waals surface area contributed by atoms with Crippen molar-refractivity contribution in [1.29, 1.82) is 0 Å². The quantitative estimate of drug-likeness (QED) is 0.118. The van der Waals surface area contributed by atoms with Crippen LogP contribution >= 0.6 is 0 Å². The molecule has 410 valence electrons. The minimum Gasteiger partial charge on any atom is -0.378 e. The van der Waals surface area contributed by atoms with Gasteiger partial charge in [-0.05, 0) is 133 Å². The van der Waals surface area contributed by atoms with Gasteiger partial charge < -0.3 is 33.7 Å². The second-order valence-corrected chi connectivity index (χ2v) is 24.1. The second kappa shape index (κ2) is 20.3. The molecule has 11 aromatic rings. The molecule has 2 aliphatic heterocycles. The molecule has 8 aromatic carbocycles. The highest BCUT2D eigenvalue weighted by molar-refractivity contribution is 6.10. The highest BCUT2D eigenvalue weighted by atomic mass is 15.3. The molecule has 84 heavy (non-hydrogen) atoms. The summed E-state index contributed by atoms with van der Waals surface area (Å²) in [7, 11) is 0. The molecule has 0 bridgehead atoms. The summed E-state index contributed by atoms with van der Waals surface area (Å²) in [4.78, 5) is 7.91. The lowest BCUT2D eigenvalue weighted by molar-refractivity contribution is 0.280. The van der Waals surface area contributed by atoms with Gasteiger partial charge in [0, 0.05) is 116 Å². The lowest BCUT2D eigenvalue weighted by Gasteiger charge is -2.43. The fourth-order valence-corrected chi connectivity index (χ4v) is 14.8. The van der Waals surface area contributed by atoms with Gasteiger partial charge in [-0.1, -0.05) is 182 Å². The summed E-state index contributed by atoms with van der Waals surface area (Å²) in [6.45, 7) is 8.00. The third-order valence-corrected chi connectivity index (χ3v) is 18.9. The van der Waals surface area contributed by atoms with Crippen LogP contribution in [0, 0.1) is 5.92 Å². The summed E-state index contributed by atoms with van der Waals surface area (Å²) < 4.78 is 7.40. The zero-order valence-corrected chi connectivity index (χ0v) is 47.6. The van der Waals surface area contributed by atoms with Crippen molar-refractivity contribution in [2.75, 3.05) is 15.1 Å². The number of para-hydroxylation sites is 2. The molecule has 7 heteroatoms. The summed E-state index contributed by atoms with van der Waals surface area (Å²) in [5.41, 5.74) is 20.0. The fraction of sp³-hybridized carbons (Fsp3) is 0.169. The van der Waals surface area contributed by atoms with Crippen molar-refractivity contribution in [2.24, 2.45) is 5.92 Å². The summed E-state index contributed by atoms with van der Waals surface area (Å²) >= 11 is 0. The summed E-state index contributed by atoms with van der Waals surface area (Å²) in [6, 6.07) is 75.0. The molecule has 0 amide bonds. The van der Waals surface area contributed by atoms with Gasteiger partial charge in [0.05, 0.1) is 30.0 Å². The van der Waals surface area contributed by atoms with Crippen LogP contribution in [0.4, 0.5) is 22.7 Å². The highest BCUT2D eigenvalue weighted by Gasteiger charge is 2.42. The van der Waals surface area contributed by atoms with E-state index in [2.05, 4.69) is 315 Å². The highest BCUT2D eigenvalue weighted by Crippen LogP contribution is 2.49. The van der Waals surface area contributed by atoms with Crippen LogP contribution < -0.4 is 15.1 Å². The SMILES string of the molecule is CC(C)(c1ccc2c(c1)c1ccccc1n2Cc1ccccc1)N(C1=CC2=C(CC1)N(Cc1ccccc1)C1C=CC=CC21)c1ccn(CN(c2ccc3c(c2)C2C=CC=CC2N3)c2ccc3c(c2)c2ccccc2n3Cc2ccccc2)c1. The first-order valence-electron chi connectivity index (χ1n) is 30.1. The van der Waals surface area contributed by atoms with E-state index in [1.54, 1.807) is 0 Å². The fourth-order valence-electron chi connectivity index (χ4n) is 14.8. The van der Waals surface area contributed by atoms with Crippen molar-refractivity contribution in [1.82, 2.24) is 18.6 Å². The summed E-state index contributed by atoms with van der Waals surface area (Å²) in [5.74, 6) is 0.556.